The van der Waals surface area contributed by atoms with Crippen molar-refractivity contribution in [1.82, 2.24) is 14.9 Å². The van der Waals surface area contributed by atoms with Gasteiger partial charge in [-0.3, -0.25) is 4.79 Å². The van der Waals surface area contributed by atoms with E-state index in [4.69, 9.17) is 9.47 Å². The minimum Gasteiger partial charge on any atom is -0.454 e. The molecule has 0 unspecified atom stereocenters. The molecule has 1 N–H and O–H groups in total. The van der Waals surface area contributed by atoms with Crippen molar-refractivity contribution in [3.05, 3.63) is 41.7 Å². The lowest BCUT2D eigenvalue weighted by atomic mass is 9.94. The Hall–Kier alpha value is -3.02. The van der Waals surface area contributed by atoms with Gasteiger partial charge in [0.25, 0.3) is 0 Å². The Morgan fingerprint density at radius 2 is 2.16 bits per heavy atom. The second-order valence-corrected chi connectivity index (χ2v) is 6.45. The third-order valence-electron chi connectivity index (χ3n) is 5.02. The molecule has 0 radical (unpaired) electrons. The average Bonchev–Trinajstić information content (AvgIpc) is 3.27. The molecule has 5 rings (SSSR count). The van der Waals surface area contributed by atoms with E-state index in [2.05, 4.69) is 9.97 Å². The zero-order valence-corrected chi connectivity index (χ0v) is 13.8. The first-order chi connectivity index (χ1) is 12.2. The van der Waals surface area contributed by atoms with Crippen LogP contribution in [0.2, 0.25) is 0 Å². The number of carbonyl (C=O) groups is 1. The number of amides is 1. The molecule has 2 aliphatic rings. The van der Waals surface area contributed by atoms with E-state index >= 15 is 0 Å². The number of benzene rings is 1. The molecule has 4 heterocycles. The van der Waals surface area contributed by atoms with Gasteiger partial charge in [-0.05, 0) is 35.2 Å². The maximum atomic E-state index is 11.7. The van der Waals surface area contributed by atoms with Gasteiger partial charge in [-0.1, -0.05) is 6.07 Å². The summed E-state index contributed by atoms with van der Waals surface area (Å²) in [5, 5.41) is 1.14. The molecule has 1 aromatic carbocycles. The lowest BCUT2D eigenvalue weighted by molar-refractivity contribution is -0.129. The molecule has 0 saturated carbocycles. The molecule has 1 amide bonds. The fourth-order valence-corrected chi connectivity index (χ4v) is 3.71. The number of hydrogen-bond donors (Lipinski definition) is 1. The van der Waals surface area contributed by atoms with Crippen LogP contribution in [-0.2, 0) is 17.8 Å². The Labute approximate surface area is 144 Å². The first kappa shape index (κ1) is 14.3. The van der Waals surface area contributed by atoms with Crippen LogP contribution in [0.5, 0.6) is 11.5 Å². The summed E-state index contributed by atoms with van der Waals surface area (Å²) in [6.07, 6.45) is 4.71. The molecule has 2 aromatic heterocycles. The highest BCUT2D eigenvalue weighted by molar-refractivity contribution is 5.97. The van der Waals surface area contributed by atoms with Crippen LogP contribution in [0.4, 0.5) is 0 Å². The lowest BCUT2D eigenvalue weighted by Crippen LogP contribution is -2.34. The van der Waals surface area contributed by atoms with Gasteiger partial charge in [0.15, 0.2) is 11.5 Å². The van der Waals surface area contributed by atoms with Gasteiger partial charge >= 0.3 is 0 Å². The SMILES string of the molecule is CC(=O)N1CCc2c(cnc3[nH]cc(-c4ccc5c(c4)OCO5)c23)C1. The number of hydrogen-bond acceptors (Lipinski definition) is 4. The van der Waals surface area contributed by atoms with Crippen LogP contribution < -0.4 is 9.47 Å². The Balaban J connectivity index is 1.65. The van der Waals surface area contributed by atoms with E-state index in [0.717, 1.165) is 52.2 Å². The molecule has 25 heavy (non-hydrogen) atoms. The highest BCUT2D eigenvalue weighted by Crippen LogP contribution is 2.39. The minimum absolute atomic E-state index is 0.107. The highest BCUT2D eigenvalue weighted by atomic mass is 16.7. The van der Waals surface area contributed by atoms with Gasteiger partial charge in [0.2, 0.25) is 12.7 Å². The summed E-state index contributed by atoms with van der Waals surface area (Å²) in [5.74, 6) is 1.66. The summed E-state index contributed by atoms with van der Waals surface area (Å²) >= 11 is 0. The van der Waals surface area contributed by atoms with E-state index in [9.17, 15) is 4.79 Å². The first-order valence-electron chi connectivity index (χ1n) is 8.34. The Morgan fingerprint density at radius 1 is 1.28 bits per heavy atom. The standard InChI is InChI=1S/C19H17N3O3/c1-11(23)22-5-4-14-13(9-22)7-20-19-18(14)15(8-21-19)12-2-3-16-17(6-12)25-10-24-16/h2-3,6-8H,4-5,9-10H2,1H3,(H,20,21). The maximum Gasteiger partial charge on any atom is 0.231 e. The molecule has 126 valence electrons. The quantitative estimate of drug-likeness (QED) is 0.742. The average molecular weight is 335 g/mol. The topological polar surface area (TPSA) is 67.5 Å². The van der Waals surface area contributed by atoms with E-state index in [0.29, 0.717) is 6.54 Å². The largest absolute Gasteiger partial charge is 0.454 e. The molecule has 0 bridgehead atoms. The third-order valence-corrected chi connectivity index (χ3v) is 5.02. The summed E-state index contributed by atoms with van der Waals surface area (Å²) in [4.78, 5) is 21.4. The summed E-state index contributed by atoms with van der Waals surface area (Å²) in [5.41, 5.74) is 5.45. The van der Waals surface area contributed by atoms with Crippen LogP contribution in [0.3, 0.4) is 0 Å². The van der Waals surface area contributed by atoms with Crippen molar-refractivity contribution in [2.75, 3.05) is 13.3 Å². The number of ether oxygens (including phenoxy) is 2. The number of pyridine rings is 1. The normalized spacial score (nSPS) is 15.5. The third kappa shape index (κ3) is 2.17. The summed E-state index contributed by atoms with van der Waals surface area (Å²) in [6.45, 7) is 3.25. The number of H-pyrrole nitrogens is 1. The first-order valence-corrected chi connectivity index (χ1v) is 8.34. The van der Waals surface area contributed by atoms with Gasteiger partial charge in [0, 0.05) is 43.4 Å². The number of rotatable bonds is 1. The molecular weight excluding hydrogens is 318 g/mol. The second kappa shape index (κ2) is 5.24. The predicted octanol–water partition coefficient (Wildman–Crippen LogP) is 2.86. The summed E-state index contributed by atoms with van der Waals surface area (Å²) in [7, 11) is 0. The van der Waals surface area contributed by atoms with Crippen molar-refractivity contribution < 1.29 is 14.3 Å². The zero-order chi connectivity index (χ0) is 17.0. The Morgan fingerprint density at radius 3 is 3.04 bits per heavy atom. The van der Waals surface area contributed by atoms with Crippen molar-refractivity contribution >= 4 is 16.9 Å². The van der Waals surface area contributed by atoms with Crippen molar-refractivity contribution in [1.29, 1.82) is 0 Å². The smallest absolute Gasteiger partial charge is 0.231 e. The molecule has 2 aliphatic heterocycles. The highest BCUT2D eigenvalue weighted by Gasteiger charge is 2.23. The van der Waals surface area contributed by atoms with Crippen LogP contribution in [0.25, 0.3) is 22.2 Å². The fraction of sp³-hybridized carbons (Fsp3) is 0.263. The lowest BCUT2D eigenvalue weighted by Gasteiger charge is -2.28. The summed E-state index contributed by atoms with van der Waals surface area (Å²) in [6, 6.07) is 5.99. The Bertz CT molecular complexity index is 1010. The van der Waals surface area contributed by atoms with Crippen molar-refractivity contribution in [2.24, 2.45) is 0 Å². The van der Waals surface area contributed by atoms with Crippen molar-refractivity contribution in [3.8, 4) is 22.6 Å². The van der Waals surface area contributed by atoms with Gasteiger partial charge in [-0.2, -0.15) is 0 Å². The van der Waals surface area contributed by atoms with E-state index < -0.39 is 0 Å². The fourth-order valence-electron chi connectivity index (χ4n) is 3.71. The molecule has 0 fully saturated rings. The number of carbonyl (C=O) groups excluding carboxylic acids is 1. The molecule has 0 atom stereocenters. The van der Waals surface area contributed by atoms with E-state index in [-0.39, 0.29) is 12.7 Å². The Kier molecular flexibility index (Phi) is 3.00. The van der Waals surface area contributed by atoms with Crippen LogP contribution >= 0.6 is 0 Å². The van der Waals surface area contributed by atoms with Crippen LogP contribution in [0.1, 0.15) is 18.1 Å². The molecule has 0 spiro atoms. The van der Waals surface area contributed by atoms with Gasteiger partial charge < -0.3 is 19.4 Å². The molecule has 3 aromatic rings. The number of aromatic nitrogens is 2. The van der Waals surface area contributed by atoms with Crippen LogP contribution in [-0.4, -0.2) is 34.1 Å². The van der Waals surface area contributed by atoms with Gasteiger partial charge in [0.1, 0.15) is 5.65 Å². The second-order valence-electron chi connectivity index (χ2n) is 6.45. The van der Waals surface area contributed by atoms with E-state index in [1.165, 1.54) is 5.56 Å². The van der Waals surface area contributed by atoms with Crippen molar-refractivity contribution in [3.63, 3.8) is 0 Å². The molecular formula is C19H17N3O3. The predicted molar refractivity (Wildman–Crippen MR) is 92.4 cm³/mol. The maximum absolute atomic E-state index is 11.7. The molecule has 6 heteroatoms. The number of fused-ring (bicyclic) bond motifs is 4. The van der Waals surface area contributed by atoms with Gasteiger partial charge in [0.05, 0.1) is 0 Å². The summed E-state index contributed by atoms with van der Waals surface area (Å²) < 4.78 is 10.9. The number of nitrogens with one attached hydrogen (secondary N) is 1. The zero-order valence-electron chi connectivity index (χ0n) is 13.8. The number of aromatic amines is 1. The minimum atomic E-state index is 0.107. The van der Waals surface area contributed by atoms with Gasteiger partial charge in [-0.15, -0.1) is 0 Å². The number of nitrogens with zero attached hydrogens (tertiary/aromatic N) is 2. The molecule has 0 aliphatic carbocycles. The molecule has 0 saturated heterocycles. The van der Waals surface area contributed by atoms with Crippen molar-refractivity contribution in [2.45, 2.75) is 19.9 Å². The van der Waals surface area contributed by atoms with E-state index in [1.54, 1.807) is 6.92 Å². The monoisotopic (exact) mass is 335 g/mol. The van der Waals surface area contributed by atoms with Gasteiger partial charge in [-0.25, -0.2) is 4.98 Å². The molecule has 6 nitrogen and oxygen atoms in total. The van der Waals surface area contributed by atoms with Crippen LogP contribution in [0, 0.1) is 0 Å². The van der Waals surface area contributed by atoms with Crippen LogP contribution in [0.15, 0.2) is 30.6 Å². The van der Waals surface area contributed by atoms with E-state index in [1.807, 2.05) is 35.5 Å².